The highest BCUT2D eigenvalue weighted by Crippen LogP contribution is 2.37. The summed E-state index contributed by atoms with van der Waals surface area (Å²) in [5.41, 5.74) is 2.19. The number of benzene rings is 1. The Morgan fingerprint density at radius 1 is 1.35 bits per heavy atom. The molecule has 2 heterocycles. The topological polar surface area (TPSA) is 28.0 Å². The summed E-state index contributed by atoms with van der Waals surface area (Å²) in [7, 11) is 0. The quantitative estimate of drug-likeness (QED) is 0.719. The van der Waals surface area contributed by atoms with Crippen LogP contribution >= 0.6 is 23.4 Å². The van der Waals surface area contributed by atoms with Crippen molar-refractivity contribution in [1.82, 2.24) is 0 Å². The number of hydrogen-bond donors (Lipinski definition) is 0. The number of halogens is 1. The van der Waals surface area contributed by atoms with Gasteiger partial charge < -0.3 is 4.90 Å². The molecule has 0 aliphatic carbocycles. The van der Waals surface area contributed by atoms with E-state index >= 15 is 0 Å². The summed E-state index contributed by atoms with van der Waals surface area (Å²) in [6.45, 7) is 2.81. The standard InChI is InChI=1S/C12H12ClN3S/c1-8-7-16-10-6-9(13)2-3-11(10)17-5-4-12(16)15-14-8/h2-3,6H,4-5,7H2,1H3. The Hall–Kier alpha value is -1.00. The molecule has 0 saturated carbocycles. The van der Waals surface area contributed by atoms with E-state index in [1.807, 2.05) is 30.8 Å². The highest BCUT2D eigenvalue weighted by molar-refractivity contribution is 7.99. The second-order valence-electron chi connectivity index (χ2n) is 4.15. The molecule has 0 N–H and O–H groups in total. The van der Waals surface area contributed by atoms with E-state index < -0.39 is 0 Å². The Balaban J connectivity index is 2.10. The third-order valence-electron chi connectivity index (χ3n) is 2.83. The lowest BCUT2D eigenvalue weighted by Crippen LogP contribution is -2.37. The van der Waals surface area contributed by atoms with Crippen molar-refractivity contribution < 1.29 is 0 Å². The summed E-state index contributed by atoms with van der Waals surface area (Å²) < 4.78 is 0. The Morgan fingerprint density at radius 3 is 3.12 bits per heavy atom. The van der Waals surface area contributed by atoms with Crippen molar-refractivity contribution in [2.75, 3.05) is 17.2 Å². The van der Waals surface area contributed by atoms with Crippen molar-refractivity contribution in [1.29, 1.82) is 0 Å². The third-order valence-corrected chi connectivity index (χ3v) is 4.13. The summed E-state index contributed by atoms with van der Waals surface area (Å²) in [6, 6.07) is 6.05. The first-order chi connectivity index (χ1) is 8.24. The van der Waals surface area contributed by atoms with Crippen LogP contribution in [-0.4, -0.2) is 23.8 Å². The zero-order valence-corrected chi connectivity index (χ0v) is 11.1. The maximum absolute atomic E-state index is 6.09. The Labute approximate surface area is 110 Å². The van der Waals surface area contributed by atoms with Crippen LogP contribution in [0, 0.1) is 0 Å². The van der Waals surface area contributed by atoms with Crippen LogP contribution in [0.25, 0.3) is 0 Å². The lowest BCUT2D eigenvalue weighted by molar-refractivity contribution is 1.01. The minimum Gasteiger partial charge on any atom is -0.321 e. The molecule has 0 radical (unpaired) electrons. The Morgan fingerprint density at radius 2 is 2.24 bits per heavy atom. The van der Waals surface area contributed by atoms with Crippen molar-refractivity contribution in [3.63, 3.8) is 0 Å². The van der Waals surface area contributed by atoms with Crippen LogP contribution in [0.2, 0.25) is 5.02 Å². The van der Waals surface area contributed by atoms with Crippen molar-refractivity contribution in [3.8, 4) is 0 Å². The van der Waals surface area contributed by atoms with Crippen LogP contribution in [0.5, 0.6) is 0 Å². The molecule has 3 nitrogen and oxygen atoms in total. The minimum atomic E-state index is 0.769. The zero-order valence-electron chi connectivity index (χ0n) is 9.48. The number of fused-ring (bicyclic) bond motifs is 3. The molecule has 0 spiro atoms. The monoisotopic (exact) mass is 265 g/mol. The molecular formula is C12H12ClN3S. The predicted octanol–water partition coefficient (Wildman–Crippen LogP) is 3.43. The lowest BCUT2D eigenvalue weighted by Gasteiger charge is -2.27. The average molecular weight is 266 g/mol. The van der Waals surface area contributed by atoms with E-state index in [0.717, 1.165) is 41.0 Å². The molecule has 0 saturated heterocycles. The molecule has 0 bridgehead atoms. The highest BCUT2D eigenvalue weighted by Gasteiger charge is 2.24. The second kappa shape index (κ2) is 4.35. The summed E-state index contributed by atoms with van der Waals surface area (Å²) >= 11 is 7.94. The molecule has 88 valence electrons. The van der Waals surface area contributed by atoms with Crippen LogP contribution < -0.4 is 4.90 Å². The average Bonchev–Trinajstić information content (AvgIpc) is 2.48. The van der Waals surface area contributed by atoms with Gasteiger partial charge in [-0.1, -0.05) is 11.6 Å². The minimum absolute atomic E-state index is 0.769. The fourth-order valence-corrected chi connectivity index (χ4v) is 3.19. The molecule has 5 heteroatoms. The fourth-order valence-electron chi connectivity index (χ4n) is 2.03. The lowest BCUT2D eigenvalue weighted by atomic mass is 10.2. The molecule has 0 unspecified atom stereocenters. The number of amidine groups is 1. The van der Waals surface area contributed by atoms with Gasteiger partial charge >= 0.3 is 0 Å². The molecule has 1 aromatic rings. The largest absolute Gasteiger partial charge is 0.321 e. The first-order valence-corrected chi connectivity index (χ1v) is 6.90. The van der Waals surface area contributed by atoms with E-state index in [4.69, 9.17) is 11.6 Å². The molecule has 0 fully saturated rings. The molecule has 1 aromatic carbocycles. The first-order valence-electron chi connectivity index (χ1n) is 5.54. The van der Waals surface area contributed by atoms with E-state index in [1.165, 1.54) is 4.90 Å². The van der Waals surface area contributed by atoms with Gasteiger partial charge in [-0.2, -0.15) is 5.10 Å². The van der Waals surface area contributed by atoms with Gasteiger partial charge in [-0.15, -0.1) is 16.9 Å². The van der Waals surface area contributed by atoms with E-state index in [9.17, 15) is 0 Å². The van der Waals surface area contributed by atoms with Gasteiger partial charge in [0.05, 0.1) is 17.9 Å². The maximum Gasteiger partial charge on any atom is 0.133 e. The van der Waals surface area contributed by atoms with E-state index in [1.54, 1.807) is 0 Å². The van der Waals surface area contributed by atoms with Crippen LogP contribution in [-0.2, 0) is 0 Å². The maximum atomic E-state index is 6.09. The van der Waals surface area contributed by atoms with Crippen LogP contribution in [0.15, 0.2) is 33.3 Å². The smallest absolute Gasteiger partial charge is 0.133 e. The third kappa shape index (κ3) is 2.07. The van der Waals surface area contributed by atoms with Crippen molar-refractivity contribution in [3.05, 3.63) is 23.2 Å². The molecule has 2 aliphatic heterocycles. The van der Waals surface area contributed by atoms with Crippen molar-refractivity contribution in [2.45, 2.75) is 18.2 Å². The molecule has 0 atom stereocenters. The fraction of sp³-hybridized carbons (Fsp3) is 0.333. The molecule has 0 aromatic heterocycles. The van der Waals surface area contributed by atoms with Crippen LogP contribution in [0.4, 0.5) is 5.69 Å². The number of hydrogen-bond acceptors (Lipinski definition) is 4. The van der Waals surface area contributed by atoms with Gasteiger partial charge in [-0.3, -0.25) is 0 Å². The van der Waals surface area contributed by atoms with Gasteiger partial charge in [-0.05, 0) is 25.1 Å². The van der Waals surface area contributed by atoms with Gasteiger partial charge in [0.15, 0.2) is 0 Å². The first kappa shape index (κ1) is 11.1. The van der Waals surface area contributed by atoms with Gasteiger partial charge in [0.1, 0.15) is 5.84 Å². The zero-order chi connectivity index (χ0) is 11.8. The van der Waals surface area contributed by atoms with E-state index in [2.05, 4.69) is 21.2 Å². The van der Waals surface area contributed by atoms with Crippen LogP contribution in [0.3, 0.4) is 0 Å². The molecule has 3 rings (SSSR count). The van der Waals surface area contributed by atoms with Gasteiger partial charge in [0.2, 0.25) is 0 Å². The van der Waals surface area contributed by atoms with Crippen molar-refractivity contribution in [2.24, 2.45) is 10.2 Å². The summed E-state index contributed by atoms with van der Waals surface area (Å²) in [5, 5.41) is 9.24. The number of anilines is 1. The van der Waals surface area contributed by atoms with E-state index in [0.29, 0.717) is 0 Å². The number of rotatable bonds is 0. The molecule has 2 aliphatic rings. The Kier molecular flexibility index (Phi) is 2.84. The summed E-state index contributed by atoms with van der Waals surface area (Å²) in [4.78, 5) is 3.50. The molecule has 17 heavy (non-hydrogen) atoms. The Bertz CT molecular complexity index is 524. The normalized spacial score (nSPS) is 18.8. The summed E-state index contributed by atoms with van der Waals surface area (Å²) in [6.07, 6.45) is 0.952. The molecular weight excluding hydrogens is 254 g/mol. The molecule has 0 amide bonds. The number of thioether (sulfide) groups is 1. The summed E-state index contributed by atoms with van der Waals surface area (Å²) in [5.74, 6) is 2.09. The predicted molar refractivity (Wildman–Crippen MR) is 74.7 cm³/mol. The van der Waals surface area contributed by atoms with Crippen LogP contribution in [0.1, 0.15) is 13.3 Å². The SMILES string of the molecule is CC1=NN=C2CCSc3ccc(Cl)cc3N2C1. The van der Waals surface area contributed by atoms with Gasteiger partial charge in [0, 0.05) is 22.1 Å². The highest BCUT2D eigenvalue weighted by atomic mass is 35.5. The van der Waals surface area contributed by atoms with Gasteiger partial charge in [0.25, 0.3) is 0 Å². The van der Waals surface area contributed by atoms with Crippen molar-refractivity contribution >= 4 is 40.6 Å². The van der Waals surface area contributed by atoms with Gasteiger partial charge in [-0.25, -0.2) is 0 Å². The number of nitrogens with zero attached hydrogens (tertiary/aromatic N) is 3. The van der Waals surface area contributed by atoms with E-state index in [-0.39, 0.29) is 0 Å². The second-order valence-corrected chi connectivity index (χ2v) is 5.72.